The van der Waals surface area contributed by atoms with Gasteiger partial charge >= 0.3 is 0 Å². The Kier molecular flexibility index (Phi) is 2.23. The molecular weight excluding hydrogens is 179 g/mol. The van der Waals surface area contributed by atoms with Crippen molar-refractivity contribution in [3.05, 3.63) is 35.1 Å². The fourth-order valence-corrected chi connectivity index (χ4v) is 1.47. The van der Waals surface area contributed by atoms with Gasteiger partial charge in [-0.05, 0) is 25.5 Å². The standard InChI is InChI=1S/C11H13FN2/c1-7-3-4-9(5-10(7)12)11-13-6-8(2)14-11/h3-5,8H,6H2,1-2H3,(H,13,14). The fourth-order valence-electron chi connectivity index (χ4n) is 1.47. The van der Waals surface area contributed by atoms with Gasteiger partial charge in [-0.15, -0.1) is 0 Å². The lowest BCUT2D eigenvalue weighted by Gasteiger charge is -2.06. The van der Waals surface area contributed by atoms with E-state index in [-0.39, 0.29) is 5.82 Å². The molecule has 0 aliphatic carbocycles. The summed E-state index contributed by atoms with van der Waals surface area (Å²) >= 11 is 0. The first-order valence-corrected chi connectivity index (χ1v) is 4.74. The maximum Gasteiger partial charge on any atom is 0.128 e. The Bertz CT molecular complexity index is 385. The molecule has 1 aliphatic rings. The maximum atomic E-state index is 13.2. The van der Waals surface area contributed by atoms with Crippen molar-refractivity contribution in [1.82, 2.24) is 5.32 Å². The molecule has 2 rings (SSSR count). The van der Waals surface area contributed by atoms with Crippen molar-refractivity contribution < 1.29 is 4.39 Å². The zero-order chi connectivity index (χ0) is 10.1. The van der Waals surface area contributed by atoms with Gasteiger partial charge in [0.05, 0.1) is 6.54 Å². The smallest absolute Gasteiger partial charge is 0.128 e. The molecule has 0 saturated carbocycles. The number of hydrogen-bond donors (Lipinski definition) is 1. The number of nitrogens with zero attached hydrogens (tertiary/aromatic N) is 1. The van der Waals surface area contributed by atoms with E-state index in [9.17, 15) is 4.39 Å². The zero-order valence-corrected chi connectivity index (χ0v) is 8.34. The van der Waals surface area contributed by atoms with E-state index in [2.05, 4.69) is 17.2 Å². The van der Waals surface area contributed by atoms with Crippen molar-refractivity contribution >= 4 is 5.84 Å². The molecule has 1 unspecified atom stereocenters. The lowest BCUT2D eigenvalue weighted by molar-refractivity contribution is 0.618. The Morgan fingerprint density at radius 2 is 2.29 bits per heavy atom. The van der Waals surface area contributed by atoms with E-state index in [0.29, 0.717) is 11.6 Å². The molecule has 74 valence electrons. The lowest BCUT2D eigenvalue weighted by Crippen LogP contribution is -2.27. The van der Waals surface area contributed by atoms with Gasteiger partial charge in [0, 0.05) is 11.6 Å². The van der Waals surface area contributed by atoms with Crippen LogP contribution in [0.25, 0.3) is 0 Å². The van der Waals surface area contributed by atoms with Gasteiger partial charge in [0.1, 0.15) is 11.7 Å². The summed E-state index contributed by atoms with van der Waals surface area (Å²) in [5.74, 6) is 0.628. The van der Waals surface area contributed by atoms with Gasteiger partial charge in [-0.25, -0.2) is 4.39 Å². The van der Waals surface area contributed by atoms with Crippen LogP contribution in [-0.4, -0.2) is 18.4 Å². The average molecular weight is 192 g/mol. The summed E-state index contributed by atoms with van der Waals surface area (Å²) in [5.41, 5.74) is 1.50. The van der Waals surface area contributed by atoms with Gasteiger partial charge in [0.25, 0.3) is 0 Å². The van der Waals surface area contributed by atoms with Crippen molar-refractivity contribution in [2.24, 2.45) is 4.99 Å². The van der Waals surface area contributed by atoms with Crippen molar-refractivity contribution in [1.29, 1.82) is 0 Å². The molecule has 1 aliphatic heterocycles. The number of aryl methyl sites for hydroxylation is 1. The highest BCUT2D eigenvalue weighted by Crippen LogP contribution is 2.11. The summed E-state index contributed by atoms with van der Waals surface area (Å²) in [6.45, 7) is 4.58. The third kappa shape index (κ3) is 1.62. The summed E-state index contributed by atoms with van der Waals surface area (Å²) < 4.78 is 13.2. The predicted molar refractivity (Wildman–Crippen MR) is 55.1 cm³/mol. The molecule has 1 aromatic rings. The van der Waals surface area contributed by atoms with Crippen LogP contribution in [0.2, 0.25) is 0 Å². The van der Waals surface area contributed by atoms with E-state index in [1.54, 1.807) is 13.0 Å². The molecule has 0 amide bonds. The monoisotopic (exact) mass is 192 g/mol. The Labute approximate surface area is 82.9 Å². The summed E-state index contributed by atoms with van der Waals surface area (Å²) in [4.78, 5) is 4.30. The molecule has 0 saturated heterocycles. The number of rotatable bonds is 1. The van der Waals surface area contributed by atoms with Crippen molar-refractivity contribution in [2.45, 2.75) is 19.9 Å². The van der Waals surface area contributed by atoms with E-state index in [1.165, 1.54) is 6.07 Å². The van der Waals surface area contributed by atoms with E-state index < -0.39 is 0 Å². The SMILES string of the molecule is Cc1ccc(C2=NCC(C)N2)cc1F. The van der Waals surface area contributed by atoms with Crippen LogP contribution < -0.4 is 5.32 Å². The molecule has 0 aromatic heterocycles. The normalized spacial score (nSPS) is 20.5. The van der Waals surface area contributed by atoms with Gasteiger partial charge in [-0.2, -0.15) is 0 Å². The molecule has 1 aromatic carbocycles. The van der Waals surface area contributed by atoms with Crippen molar-refractivity contribution in [3.8, 4) is 0 Å². The Morgan fingerprint density at radius 1 is 1.50 bits per heavy atom. The summed E-state index contributed by atoms with van der Waals surface area (Å²) in [6.07, 6.45) is 0. The third-order valence-corrected chi connectivity index (χ3v) is 2.35. The van der Waals surface area contributed by atoms with Crippen LogP contribution in [0.1, 0.15) is 18.1 Å². The highest BCUT2D eigenvalue weighted by Gasteiger charge is 2.14. The topological polar surface area (TPSA) is 24.4 Å². The molecule has 0 fully saturated rings. The average Bonchev–Trinajstić information content (AvgIpc) is 2.57. The van der Waals surface area contributed by atoms with Gasteiger partial charge in [0.15, 0.2) is 0 Å². The minimum absolute atomic E-state index is 0.174. The first-order chi connectivity index (χ1) is 6.66. The second kappa shape index (κ2) is 3.40. The van der Waals surface area contributed by atoms with E-state index >= 15 is 0 Å². The summed E-state index contributed by atoms with van der Waals surface area (Å²) in [5, 5.41) is 3.20. The van der Waals surface area contributed by atoms with Crippen LogP contribution in [0.3, 0.4) is 0 Å². The van der Waals surface area contributed by atoms with E-state index in [0.717, 1.165) is 17.9 Å². The van der Waals surface area contributed by atoms with Crippen LogP contribution in [0, 0.1) is 12.7 Å². The molecule has 0 bridgehead atoms. The second-order valence-corrected chi connectivity index (χ2v) is 3.70. The molecule has 14 heavy (non-hydrogen) atoms. The molecule has 0 radical (unpaired) electrons. The van der Waals surface area contributed by atoms with Crippen LogP contribution >= 0.6 is 0 Å². The zero-order valence-electron chi connectivity index (χ0n) is 8.34. The van der Waals surface area contributed by atoms with Gasteiger partial charge in [0.2, 0.25) is 0 Å². The van der Waals surface area contributed by atoms with E-state index in [1.807, 2.05) is 6.07 Å². The fraction of sp³-hybridized carbons (Fsp3) is 0.364. The predicted octanol–water partition coefficient (Wildman–Crippen LogP) is 1.87. The maximum absolute atomic E-state index is 13.2. The first kappa shape index (κ1) is 9.19. The number of aliphatic imine (C=N–C) groups is 1. The van der Waals surface area contributed by atoms with Gasteiger partial charge in [-0.3, -0.25) is 4.99 Å². The number of nitrogens with one attached hydrogen (secondary N) is 1. The molecular formula is C11H13FN2. The number of halogens is 1. The van der Waals surface area contributed by atoms with Crippen LogP contribution in [0.4, 0.5) is 4.39 Å². The largest absolute Gasteiger partial charge is 0.366 e. The Hall–Kier alpha value is -1.38. The molecule has 1 heterocycles. The van der Waals surface area contributed by atoms with Crippen molar-refractivity contribution in [2.75, 3.05) is 6.54 Å². The molecule has 0 spiro atoms. The number of hydrogen-bond acceptors (Lipinski definition) is 2. The van der Waals surface area contributed by atoms with Crippen LogP contribution in [-0.2, 0) is 0 Å². The second-order valence-electron chi connectivity index (χ2n) is 3.70. The molecule has 1 N–H and O–H groups in total. The third-order valence-electron chi connectivity index (χ3n) is 2.35. The van der Waals surface area contributed by atoms with Gasteiger partial charge in [-0.1, -0.05) is 12.1 Å². The quantitative estimate of drug-likeness (QED) is 0.721. The number of amidine groups is 1. The molecule has 1 atom stereocenters. The summed E-state index contributed by atoms with van der Waals surface area (Å²) in [6, 6.07) is 5.55. The summed E-state index contributed by atoms with van der Waals surface area (Å²) in [7, 11) is 0. The minimum Gasteiger partial charge on any atom is -0.366 e. The lowest BCUT2D eigenvalue weighted by atomic mass is 10.1. The van der Waals surface area contributed by atoms with Crippen LogP contribution in [0.15, 0.2) is 23.2 Å². The van der Waals surface area contributed by atoms with Crippen molar-refractivity contribution in [3.63, 3.8) is 0 Å². The van der Waals surface area contributed by atoms with Gasteiger partial charge < -0.3 is 5.32 Å². The molecule has 3 heteroatoms. The first-order valence-electron chi connectivity index (χ1n) is 4.74. The van der Waals surface area contributed by atoms with Crippen LogP contribution in [0.5, 0.6) is 0 Å². The Morgan fingerprint density at radius 3 is 2.86 bits per heavy atom. The number of benzene rings is 1. The van der Waals surface area contributed by atoms with E-state index in [4.69, 9.17) is 0 Å². The minimum atomic E-state index is -0.174. The highest BCUT2D eigenvalue weighted by molar-refractivity contribution is 6.00. The Balaban J connectivity index is 2.30. The molecule has 2 nitrogen and oxygen atoms in total. The highest BCUT2D eigenvalue weighted by atomic mass is 19.1.